The molecule has 0 spiro atoms. The van der Waals surface area contributed by atoms with E-state index in [0.717, 1.165) is 49.8 Å². The highest BCUT2D eigenvalue weighted by Crippen LogP contribution is 2.25. The largest absolute Gasteiger partial charge is 0.303 e. The lowest BCUT2D eigenvalue weighted by Gasteiger charge is -2.31. The first-order chi connectivity index (χ1) is 9.31. The molecule has 3 heterocycles. The second-order valence-corrected chi connectivity index (χ2v) is 5.05. The lowest BCUT2D eigenvalue weighted by atomic mass is 10.1. The maximum atomic E-state index is 10.8. The molecule has 0 atom stereocenters. The predicted octanol–water partition coefficient (Wildman–Crippen LogP) is 1.90. The highest BCUT2D eigenvalue weighted by atomic mass is 16.1. The number of rotatable bonds is 3. The predicted molar refractivity (Wildman–Crippen MR) is 73.3 cm³/mol. The minimum absolute atomic E-state index is 0.426. The second kappa shape index (κ2) is 5.09. The molecule has 0 saturated carbocycles. The minimum Gasteiger partial charge on any atom is -0.303 e. The number of hydrogen-bond acceptors (Lipinski definition) is 4. The van der Waals surface area contributed by atoms with E-state index >= 15 is 0 Å². The molecule has 0 unspecified atom stereocenters. The molecule has 1 aliphatic heterocycles. The topological polar surface area (TPSA) is 51.0 Å². The summed E-state index contributed by atoms with van der Waals surface area (Å²) in [6.07, 6.45) is 6.48. The van der Waals surface area contributed by atoms with Gasteiger partial charge in [0.2, 0.25) is 0 Å². The third kappa shape index (κ3) is 2.26. The Labute approximate surface area is 112 Å². The SMILES string of the molecule is CCN1CCC(n2ncc3cc(C=O)cnc32)CC1. The molecule has 1 aliphatic rings. The van der Waals surface area contributed by atoms with Gasteiger partial charge in [-0.1, -0.05) is 6.92 Å². The van der Waals surface area contributed by atoms with E-state index < -0.39 is 0 Å². The molecule has 0 aromatic carbocycles. The van der Waals surface area contributed by atoms with Gasteiger partial charge in [-0.05, 0) is 25.5 Å². The summed E-state index contributed by atoms with van der Waals surface area (Å²) in [6, 6.07) is 2.27. The molecule has 0 N–H and O–H groups in total. The fourth-order valence-electron chi connectivity index (χ4n) is 2.77. The van der Waals surface area contributed by atoms with Gasteiger partial charge >= 0.3 is 0 Å². The summed E-state index contributed by atoms with van der Waals surface area (Å²) in [7, 11) is 0. The summed E-state index contributed by atoms with van der Waals surface area (Å²) in [4.78, 5) is 17.6. The lowest BCUT2D eigenvalue weighted by molar-refractivity contribution is 0.112. The first-order valence-electron chi connectivity index (χ1n) is 6.82. The second-order valence-electron chi connectivity index (χ2n) is 5.05. The van der Waals surface area contributed by atoms with Gasteiger partial charge in [-0.3, -0.25) is 4.79 Å². The zero-order chi connectivity index (χ0) is 13.2. The zero-order valence-electron chi connectivity index (χ0n) is 11.1. The molecule has 19 heavy (non-hydrogen) atoms. The maximum Gasteiger partial charge on any atom is 0.158 e. The third-order valence-electron chi connectivity index (χ3n) is 3.94. The number of carbonyl (C=O) groups is 1. The fraction of sp³-hybridized carbons (Fsp3) is 0.500. The molecule has 5 nitrogen and oxygen atoms in total. The summed E-state index contributed by atoms with van der Waals surface area (Å²) in [5, 5.41) is 5.41. The van der Waals surface area contributed by atoms with Crippen molar-refractivity contribution in [3.05, 3.63) is 24.0 Å². The average Bonchev–Trinajstić information content (AvgIpc) is 2.90. The maximum absolute atomic E-state index is 10.8. The van der Waals surface area contributed by atoms with Crippen molar-refractivity contribution in [2.24, 2.45) is 0 Å². The first kappa shape index (κ1) is 12.3. The van der Waals surface area contributed by atoms with Crippen molar-refractivity contribution in [3.8, 4) is 0 Å². The van der Waals surface area contributed by atoms with Gasteiger partial charge < -0.3 is 4.90 Å². The molecule has 0 radical (unpaired) electrons. The van der Waals surface area contributed by atoms with Crippen molar-refractivity contribution in [1.82, 2.24) is 19.7 Å². The van der Waals surface area contributed by atoms with Crippen molar-refractivity contribution < 1.29 is 4.79 Å². The van der Waals surface area contributed by atoms with E-state index in [-0.39, 0.29) is 0 Å². The van der Waals surface area contributed by atoms with Crippen LogP contribution in [0.1, 0.15) is 36.2 Å². The van der Waals surface area contributed by atoms with Crippen molar-refractivity contribution in [2.75, 3.05) is 19.6 Å². The molecule has 2 aromatic rings. The van der Waals surface area contributed by atoms with Gasteiger partial charge in [0.25, 0.3) is 0 Å². The van der Waals surface area contributed by atoms with Crippen molar-refractivity contribution in [2.45, 2.75) is 25.8 Å². The molecule has 1 saturated heterocycles. The van der Waals surface area contributed by atoms with E-state index in [1.165, 1.54) is 0 Å². The normalized spacial score (nSPS) is 17.9. The average molecular weight is 258 g/mol. The van der Waals surface area contributed by atoms with E-state index in [9.17, 15) is 4.79 Å². The number of carbonyl (C=O) groups excluding carboxylic acids is 1. The Balaban J connectivity index is 1.87. The number of nitrogens with zero attached hydrogens (tertiary/aromatic N) is 4. The number of piperidine rings is 1. The van der Waals surface area contributed by atoms with Gasteiger partial charge in [-0.15, -0.1) is 0 Å². The number of hydrogen-bond donors (Lipinski definition) is 0. The van der Waals surface area contributed by atoms with Crippen LogP contribution in [0.15, 0.2) is 18.5 Å². The number of likely N-dealkylation sites (tertiary alicyclic amines) is 1. The number of fused-ring (bicyclic) bond motifs is 1. The fourth-order valence-corrected chi connectivity index (χ4v) is 2.77. The Morgan fingerprint density at radius 1 is 1.37 bits per heavy atom. The van der Waals surface area contributed by atoms with Crippen LogP contribution in [-0.2, 0) is 0 Å². The molecule has 100 valence electrons. The highest BCUT2D eigenvalue weighted by molar-refractivity contribution is 5.83. The van der Waals surface area contributed by atoms with Crippen molar-refractivity contribution in [1.29, 1.82) is 0 Å². The van der Waals surface area contributed by atoms with Crippen molar-refractivity contribution in [3.63, 3.8) is 0 Å². The summed E-state index contributed by atoms with van der Waals surface area (Å²) < 4.78 is 2.02. The Hall–Kier alpha value is -1.75. The van der Waals surface area contributed by atoms with Crippen LogP contribution in [-0.4, -0.2) is 45.6 Å². The molecular weight excluding hydrogens is 240 g/mol. The standard InChI is InChI=1S/C14H18N4O/c1-2-17-5-3-13(4-6-17)18-14-12(9-16-18)7-11(10-19)8-15-14/h7-10,13H,2-6H2,1H3. The van der Waals surface area contributed by atoms with Crippen LogP contribution in [0.25, 0.3) is 11.0 Å². The van der Waals surface area contributed by atoms with Crippen LogP contribution < -0.4 is 0 Å². The van der Waals surface area contributed by atoms with Gasteiger partial charge in [0, 0.05) is 30.2 Å². The van der Waals surface area contributed by atoms with Crippen LogP contribution in [0.2, 0.25) is 0 Å². The minimum atomic E-state index is 0.426. The summed E-state index contributed by atoms with van der Waals surface area (Å²) >= 11 is 0. The van der Waals surface area contributed by atoms with Gasteiger partial charge in [0.1, 0.15) is 0 Å². The van der Waals surface area contributed by atoms with Gasteiger partial charge in [-0.2, -0.15) is 5.10 Å². The smallest absolute Gasteiger partial charge is 0.158 e. The number of pyridine rings is 1. The first-order valence-corrected chi connectivity index (χ1v) is 6.82. The number of aromatic nitrogens is 3. The zero-order valence-corrected chi connectivity index (χ0v) is 11.1. The molecule has 5 heteroatoms. The molecule has 0 bridgehead atoms. The summed E-state index contributed by atoms with van der Waals surface area (Å²) in [5.41, 5.74) is 1.49. The van der Waals surface area contributed by atoms with E-state index in [4.69, 9.17) is 0 Å². The van der Waals surface area contributed by atoms with Crippen LogP contribution in [0.5, 0.6) is 0 Å². The van der Waals surface area contributed by atoms with E-state index in [1.807, 2.05) is 16.9 Å². The van der Waals surface area contributed by atoms with Crippen molar-refractivity contribution >= 4 is 17.3 Å². The molecule has 0 amide bonds. The monoisotopic (exact) mass is 258 g/mol. The Bertz CT molecular complexity index is 584. The summed E-state index contributed by atoms with van der Waals surface area (Å²) in [6.45, 7) is 5.56. The van der Waals surface area contributed by atoms with Crippen LogP contribution in [0.3, 0.4) is 0 Å². The summed E-state index contributed by atoms with van der Waals surface area (Å²) in [5.74, 6) is 0. The lowest BCUT2D eigenvalue weighted by Crippen LogP contribution is -2.34. The van der Waals surface area contributed by atoms with E-state index in [2.05, 4.69) is 21.9 Å². The van der Waals surface area contributed by atoms with Gasteiger partial charge in [-0.25, -0.2) is 9.67 Å². The molecule has 2 aromatic heterocycles. The molecule has 1 fully saturated rings. The molecule has 0 aliphatic carbocycles. The van der Waals surface area contributed by atoms with E-state index in [0.29, 0.717) is 11.6 Å². The molecular formula is C14H18N4O. The van der Waals surface area contributed by atoms with E-state index in [1.54, 1.807) is 6.20 Å². The van der Waals surface area contributed by atoms with Gasteiger partial charge in [0.15, 0.2) is 11.9 Å². The Kier molecular flexibility index (Phi) is 3.29. The number of aldehydes is 1. The quantitative estimate of drug-likeness (QED) is 0.789. The Morgan fingerprint density at radius 2 is 2.16 bits per heavy atom. The van der Waals surface area contributed by atoms with Crippen LogP contribution in [0.4, 0.5) is 0 Å². The van der Waals surface area contributed by atoms with Crippen LogP contribution in [0, 0.1) is 0 Å². The highest BCUT2D eigenvalue weighted by Gasteiger charge is 2.21. The third-order valence-corrected chi connectivity index (χ3v) is 3.94. The Morgan fingerprint density at radius 3 is 2.84 bits per heavy atom. The molecule has 3 rings (SSSR count). The van der Waals surface area contributed by atoms with Gasteiger partial charge in [0.05, 0.1) is 12.2 Å². The van der Waals surface area contributed by atoms with Crippen LogP contribution >= 0.6 is 0 Å².